The first kappa shape index (κ1) is 22.6. The Morgan fingerprint density at radius 1 is 0.810 bits per heavy atom. The molecular weight excluding hydrogens is 372 g/mol. The van der Waals surface area contributed by atoms with Gasteiger partial charge in [0.2, 0.25) is 0 Å². The zero-order valence-corrected chi connectivity index (χ0v) is 19.1. The summed E-state index contributed by atoms with van der Waals surface area (Å²) in [6.45, 7) is 0. The molecule has 11 heteroatoms. The van der Waals surface area contributed by atoms with Crippen LogP contribution in [-0.4, -0.2) is 25.9 Å². The van der Waals surface area contributed by atoms with Gasteiger partial charge in [0, 0.05) is 16.5 Å². The standard InChI is InChI=1S/C10H9NO6S2.2K/c11-6-4-8-7(10(5-6)19(15,16)17)2-1-3-9(8)18(12,13)14;;/h1-5H,11H2,(H,12,13,14)(H,15,16,17);;/q;2*+1/p-2. The molecule has 0 aromatic heterocycles. The van der Waals surface area contributed by atoms with E-state index >= 15 is 0 Å². The Hall–Kier alpha value is 1.59. The third-order valence-corrected chi connectivity index (χ3v) is 4.25. The van der Waals surface area contributed by atoms with Crippen LogP contribution in [0.3, 0.4) is 0 Å². The van der Waals surface area contributed by atoms with Gasteiger partial charge < -0.3 is 14.8 Å². The van der Waals surface area contributed by atoms with Crippen LogP contribution in [0.4, 0.5) is 5.69 Å². The molecule has 0 bridgehead atoms. The summed E-state index contributed by atoms with van der Waals surface area (Å²) in [6.07, 6.45) is 0. The van der Waals surface area contributed by atoms with Crippen molar-refractivity contribution in [2.75, 3.05) is 5.73 Å². The van der Waals surface area contributed by atoms with Crippen LogP contribution in [0.1, 0.15) is 0 Å². The van der Waals surface area contributed by atoms with Crippen molar-refractivity contribution in [1.29, 1.82) is 0 Å². The summed E-state index contributed by atoms with van der Waals surface area (Å²) in [4.78, 5) is -1.28. The zero-order valence-electron chi connectivity index (χ0n) is 11.2. The van der Waals surface area contributed by atoms with Crippen molar-refractivity contribution in [2.24, 2.45) is 0 Å². The summed E-state index contributed by atoms with van der Waals surface area (Å²) >= 11 is 0. The predicted molar refractivity (Wildman–Crippen MR) is 64.3 cm³/mol. The van der Waals surface area contributed by atoms with Crippen molar-refractivity contribution >= 4 is 36.7 Å². The second-order valence-corrected chi connectivity index (χ2v) is 6.47. The minimum Gasteiger partial charge on any atom is -0.744 e. The Kier molecular flexibility index (Phi) is 8.73. The fraction of sp³-hybridized carbons (Fsp3) is 0. The number of anilines is 1. The van der Waals surface area contributed by atoms with E-state index in [1.807, 2.05) is 0 Å². The Balaban J connectivity index is 0.00000200. The van der Waals surface area contributed by atoms with Gasteiger partial charge in [0.25, 0.3) is 0 Å². The molecule has 7 nitrogen and oxygen atoms in total. The van der Waals surface area contributed by atoms with Crippen molar-refractivity contribution in [3.8, 4) is 0 Å². The molecule has 0 saturated carbocycles. The number of hydrogen-bond acceptors (Lipinski definition) is 7. The van der Waals surface area contributed by atoms with Crippen LogP contribution < -0.4 is 109 Å². The van der Waals surface area contributed by atoms with Crippen LogP contribution in [-0.2, 0) is 20.2 Å². The number of rotatable bonds is 2. The van der Waals surface area contributed by atoms with Crippen molar-refractivity contribution in [2.45, 2.75) is 9.79 Å². The average molecular weight is 379 g/mol. The molecule has 0 radical (unpaired) electrons. The summed E-state index contributed by atoms with van der Waals surface area (Å²) < 4.78 is 66.6. The Bertz CT molecular complexity index is 880. The quantitative estimate of drug-likeness (QED) is 0.311. The number of hydrogen-bond donors (Lipinski definition) is 1. The smallest absolute Gasteiger partial charge is 0.744 e. The Labute approximate surface area is 207 Å². The molecular formula is C10H7K2NO6S2. The third-order valence-electron chi connectivity index (χ3n) is 2.48. The molecule has 0 unspecified atom stereocenters. The summed E-state index contributed by atoms with van der Waals surface area (Å²) in [5, 5.41) is -0.340. The second kappa shape index (κ2) is 8.11. The van der Waals surface area contributed by atoms with E-state index in [0.717, 1.165) is 18.2 Å². The number of nitrogen functional groups attached to an aromatic ring is 1. The van der Waals surface area contributed by atoms with Crippen LogP contribution in [0.2, 0.25) is 0 Å². The second-order valence-electron chi connectivity index (χ2n) is 3.78. The van der Waals surface area contributed by atoms with E-state index in [2.05, 4.69) is 0 Å². The first-order valence-electron chi connectivity index (χ1n) is 4.85. The molecule has 0 aliphatic rings. The van der Waals surface area contributed by atoms with Crippen LogP contribution in [0.5, 0.6) is 0 Å². The molecule has 21 heavy (non-hydrogen) atoms. The predicted octanol–water partition coefficient (Wildman–Crippen LogP) is -5.76. The van der Waals surface area contributed by atoms with Gasteiger partial charge in [-0.2, -0.15) is 0 Å². The van der Waals surface area contributed by atoms with Crippen molar-refractivity contribution < 1.29 is 129 Å². The third kappa shape index (κ3) is 5.29. The van der Waals surface area contributed by atoms with E-state index in [0.29, 0.717) is 0 Å². The van der Waals surface area contributed by atoms with E-state index in [-0.39, 0.29) is 119 Å². The summed E-state index contributed by atoms with van der Waals surface area (Å²) in [5.74, 6) is 0. The van der Waals surface area contributed by atoms with Gasteiger partial charge >= 0.3 is 103 Å². The molecule has 102 valence electrons. The topological polar surface area (TPSA) is 140 Å². The molecule has 0 amide bonds. The van der Waals surface area contributed by atoms with Gasteiger partial charge in [-0.3, -0.25) is 0 Å². The van der Waals surface area contributed by atoms with Gasteiger partial charge in [-0.05, 0) is 18.2 Å². The molecule has 0 saturated heterocycles. The van der Waals surface area contributed by atoms with Gasteiger partial charge in [-0.25, -0.2) is 16.8 Å². The normalized spacial score (nSPS) is 11.5. The van der Waals surface area contributed by atoms with Crippen LogP contribution in [0.15, 0.2) is 40.1 Å². The van der Waals surface area contributed by atoms with Crippen LogP contribution in [0.25, 0.3) is 10.8 Å². The molecule has 0 fully saturated rings. The van der Waals surface area contributed by atoms with Crippen molar-refractivity contribution in [3.63, 3.8) is 0 Å². The summed E-state index contributed by atoms with van der Waals surface area (Å²) in [6, 6.07) is 5.48. The minimum absolute atomic E-state index is 0. The average Bonchev–Trinajstić information content (AvgIpc) is 2.24. The summed E-state index contributed by atoms with van der Waals surface area (Å²) in [7, 11) is -9.65. The first-order chi connectivity index (χ1) is 8.60. The van der Waals surface area contributed by atoms with Gasteiger partial charge in [-0.1, -0.05) is 12.1 Å². The van der Waals surface area contributed by atoms with E-state index in [9.17, 15) is 25.9 Å². The molecule has 0 aliphatic carbocycles. The number of fused-ring (bicyclic) bond motifs is 1. The molecule has 2 rings (SSSR count). The zero-order chi connectivity index (χ0) is 14.4. The van der Waals surface area contributed by atoms with E-state index < -0.39 is 30.0 Å². The van der Waals surface area contributed by atoms with Gasteiger partial charge in [0.1, 0.15) is 20.2 Å². The van der Waals surface area contributed by atoms with Crippen molar-refractivity contribution in [1.82, 2.24) is 0 Å². The molecule has 0 aliphatic heterocycles. The monoisotopic (exact) mass is 379 g/mol. The SMILES string of the molecule is Nc1cc(S(=O)(=O)[O-])c2cccc(S(=O)(=O)[O-])c2c1.[K+].[K+]. The maximum atomic E-state index is 11.1. The van der Waals surface area contributed by atoms with Crippen LogP contribution >= 0.6 is 0 Å². The molecule has 0 spiro atoms. The minimum atomic E-state index is -4.84. The Morgan fingerprint density at radius 3 is 1.81 bits per heavy atom. The van der Waals surface area contributed by atoms with E-state index in [1.165, 1.54) is 12.1 Å². The maximum absolute atomic E-state index is 11.1. The Morgan fingerprint density at radius 2 is 1.33 bits per heavy atom. The molecule has 2 aromatic rings. The molecule has 2 aromatic carbocycles. The number of benzene rings is 2. The fourth-order valence-electron chi connectivity index (χ4n) is 1.77. The fourth-order valence-corrected chi connectivity index (χ4v) is 3.18. The van der Waals surface area contributed by atoms with E-state index in [4.69, 9.17) is 5.73 Å². The molecule has 0 atom stereocenters. The number of nitrogens with two attached hydrogens (primary N) is 1. The van der Waals surface area contributed by atoms with E-state index in [1.54, 1.807) is 0 Å². The van der Waals surface area contributed by atoms with Gasteiger partial charge in [0.05, 0.1) is 9.79 Å². The van der Waals surface area contributed by atoms with Gasteiger partial charge in [0.15, 0.2) is 0 Å². The first-order valence-corrected chi connectivity index (χ1v) is 7.66. The molecule has 2 N–H and O–H groups in total. The summed E-state index contributed by atoms with van der Waals surface area (Å²) in [5.41, 5.74) is 5.31. The maximum Gasteiger partial charge on any atom is 1.00 e. The van der Waals surface area contributed by atoms with Crippen molar-refractivity contribution in [3.05, 3.63) is 30.3 Å². The van der Waals surface area contributed by atoms with Gasteiger partial charge in [-0.15, -0.1) is 0 Å². The molecule has 0 heterocycles. The van der Waals surface area contributed by atoms with Crippen LogP contribution in [0, 0.1) is 0 Å². The largest absolute Gasteiger partial charge is 1.00 e.